The van der Waals surface area contributed by atoms with Crippen LogP contribution in [0.15, 0.2) is 35.2 Å². The van der Waals surface area contributed by atoms with E-state index in [0.29, 0.717) is 10.7 Å². The topological polar surface area (TPSA) is 55.8 Å². The van der Waals surface area contributed by atoms with Gasteiger partial charge in [-0.05, 0) is 106 Å². The molecule has 1 fully saturated rings. The molecular formula is C21H19I2NO4S. The molecule has 0 atom stereocenters. The van der Waals surface area contributed by atoms with Gasteiger partial charge < -0.3 is 9.47 Å². The lowest BCUT2D eigenvalue weighted by Gasteiger charge is -2.14. The number of methoxy groups -OCH3 is 1. The number of rotatable bonds is 6. The maximum Gasteiger partial charge on any atom is 0.293 e. The van der Waals surface area contributed by atoms with Gasteiger partial charge in [-0.25, -0.2) is 0 Å². The molecule has 0 radical (unpaired) electrons. The highest BCUT2D eigenvalue weighted by atomic mass is 127. The molecule has 0 bridgehead atoms. The Balaban J connectivity index is 1.73. The summed E-state index contributed by atoms with van der Waals surface area (Å²) in [6.45, 7) is 4.41. The van der Waals surface area contributed by atoms with Crippen molar-refractivity contribution in [3.05, 3.63) is 59.1 Å². The second-order valence-electron chi connectivity index (χ2n) is 6.46. The fourth-order valence-corrected chi connectivity index (χ4v) is 5.81. The SMILES string of the molecule is COc1c(I)cc(I)cc1/C=C1\SC(=O)N(CCOc2cc(C)ccc2C)C1=O. The van der Waals surface area contributed by atoms with Crippen LogP contribution in [0.4, 0.5) is 4.79 Å². The zero-order chi connectivity index (χ0) is 21.1. The average Bonchev–Trinajstić information content (AvgIpc) is 2.91. The maximum atomic E-state index is 12.8. The van der Waals surface area contributed by atoms with Crippen molar-refractivity contribution in [1.82, 2.24) is 4.90 Å². The minimum absolute atomic E-state index is 0.205. The van der Waals surface area contributed by atoms with Crippen molar-refractivity contribution in [2.45, 2.75) is 13.8 Å². The van der Waals surface area contributed by atoms with Crippen molar-refractivity contribution in [1.29, 1.82) is 0 Å². The molecule has 3 rings (SSSR count). The Morgan fingerprint density at radius 1 is 1.14 bits per heavy atom. The number of imide groups is 1. The Hall–Kier alpha value is -1.27. The number of nitrogens with zero attached hydrogens (tertiary/aromatic N) is 1. The molecule has 1 aliphatic rings. The molecule has 0 aliphatic carbocycles. The van der Waals surface area contributed by atoms with Gasteiger partial charge in [0.15, 0.2) is 0 Å². The van der Waals surface area contributed by atoms with Crippen LogP contribution in [0.5, 0.6) is 11.5 Å². The van der Waals surface area contributed by atoms with Gasteiger partial charge in [0.1, 0.15) is 18.1 Å². The first-order chi connectivity index (χ1) is 13.8. The summed E-state index contributed by atoms with van der Waals surface area (Å²) in [4.78, 5) is 26.8. The third-order valence-electron chi connectivity index (χ3n) is 4.32. The van der Waals surface area contributed by atoms with Gasteiger partial charge in [-0.2, -0.15) is 0 Å². The summed E-state index contributed by atoms with van der Waals surface area (Å²) >= 11 is 5.35. The number of carbonyl (C=O) groups excluding carboxylic acids is 2. The van der Waals surface area contributed by atoms with Gasteiger partial charge in [0, 0.05) is 9.13 Å². The van der Waals surface area contributed by atoms with Gasteiger partial charge in [0.25, 0.3) is 11.1 Å². The molecule has 0 saturated carbocycles. The van der Waals surface area contributed by atoms with Crippen molar-refractivity contribution in [3.8, 4) is 11.5 Å². The zero-order valence-corrected chi connectivity index (χ0v) is 21.3. The van der Waals surface area contributed by atoms with Crippen LogP contribution in [-0.2, 0) is 4.79 Å². The summed E-state index contributed by atoms with van der Waals surface area (Å²) in [6.07, 6.45) is 1.72. The quantitative estimate of drug-likeness (QED) is 0.304. The second kappa shape index (κ2) is 9.69. The van der Waals surface area contributed by atoms with E-state index in [4.69, 9.17) is 9.47 Å². The minimum atomic E-state index is -0.305. The van der Waals surface area contributed by atoms with Gasteiger partial charge >= 0.3 is 0 Å². The van der Waals surface area contributed by atoms with E-state index >= 15 is 0 Å². The summed E-state index contributed by atoms with van der Waals surface area (Å²) in [5.41, 5.74) is 2.90. The first-order valence-corrected chi connectivity index (χ1v) is 11.8. The summed E-state index contributed by atoms with van der Waals surface area (Å²) < 4.78 is 13.2. The molecular weight excluding hydrogens is 616 g/mol. The Morgan fingerprint density at radius 2 is 1.90 bits per heavy atom. The highest BCUT2D eigenvalue weighted by molar-refractivity contribution is 14.1. The fraction of sp³-hybridized carbons (Fsp3) is 0.238. The van der Waals surface area contributed by atoms with Crippen molar-refractivity contribution in [2.24, 2.45) is 0 Å². The third kappa shape index (κ3) is 5.26. The Morgan fingerprint density at radius 3 is 2.62 bits per heavy atom. The number of hydrogen-bond donors (Lipinski definition) is 0. The number of thioether (sulfide) groups is 1. The lowest BCUT2D eigenvalue weighted by molar-refractivity contribution is -0.123. The monoisotopic (exact) mass is 635 g/mol. The predicted octanol–water partition coefficient (Wildman–Crippen LogP) is 5.64. The molecule has 1 aliphatic heterocycles. The van der Waals surface area contributed by atoms with Crippen molar-refractivity contribution in [3.63, 3.8) is 0 Å². The van der Waals surface area contributed by atoms with E-state index in [2.05, 4.69) is 45.2 Å². The van der Waals surface area contributed by atoms with Crippen LogP contribution in [0.1, 0.15) is 16.7 Å². The first-order valence-electron chi connectivity index (χ1n) is 8.78. The van der Waals surface area contributed by atoms with Crippen LogP contribution in [0, 0.1) is 21.0 Å². The average molecular weight is 635 g/mol. The van der Waals surface area contributed by atoms with E-state index in [1.165, 1.54) is 4.90 Å². The Kier molecular flexibility index (Phi) is 7.49. The molecule has 8 heteroatoms. The van der Waals surface area contributed by atoms with E-state index in [-0.39, 0.29) is 24.3 Å². The van der Waals surface area contributed by atoms with Gasteiger partial charge in [-0.3, -0.25) is 14.5 Å². The van der Waals surface area contributed by atoms with Crippen molar-refractivity contribution in [2.75, 3.05) is 20.3 Å². The number of amides is 2. The molecule has 0 aromatic heterocycles. The molecule has 152 valence electrons. The van der Waals surface area contributed by atoms with Gasteiger partial charge in [-0.15, -0.1) is 0 Å². The Bertz CT molecular complexity index is 1010. The van der Waals surface area contributed by atoms with Gasteiger partial charge in [-0.1, -0.05) is 12.1 Å². The van der Waals surface area contributed by atoms with Crippen LogP contribution < -0.4 is 9.47 Å². The largest absolute Gasteiger partial charge is 0.495 e. The van der Waals surface area contributed by atoms with E-state index in [9.17, 15) is 9.59 Å². The summed E-state index contributed by atoms with van der Waals surface area (Å²) in [6, 6.07) is 9.88. The van der Waals surface area contributed by atoms with Crippen LogP contribution in [0.25, 0.3) is 6.08 Å². The molecule has 29 heavy (non-hydrogen) atoms. The Labute approximate surface area is 201 Å². The van der Waals surface area contributed by atoms with Crippen molar-refractivity contribution >= 4 is 74.2 Å². The van der Waals surface area contributed by atoms with Crippen LogP contribution in [0.3, 0.4) is 0 Å². The van der Waals surface area contributed by atoms with E-state index in [1.54, 1.807) is 13.2 Å². The van der Waals surface area contributed by atoms with Gasteiger partial charge in [0.05, 0.1) is 22.1 Å². The molecule has 2 aromatic carbocycles. The molecule has 2 aromatic rings. The maximum absolute atomic E-state index is 12.8. The molecule has 0 unspecified atom stereocenters. The number of carbonyl (C=O) groups is 2. The van der Waals surface area contributed by atoms with Crippen LogP contribution >= 0.6 is 56.9 Å². The zero-order valence-electron chi connectivity index (χ0n) is 16.1. The summed E-state index contributed by atoms with van der Waals surface area (Å²) in [7, 11) is 1.60. The molecule has 0 N–H and O–H groups in total. The van der Waals surface area contributed by atoms with E-state index in [0.717, 1.165) is 41.3 Å². The van der Waals surface area contributed by atoms with Gasteiger partial charge in [0.2, 0.25) is 0 Å². The number of aryl methyl sites for hydroxylation is 2. The molecule has 1 heterocycles. The second-order valence-corrected chi connectivity index (χ2v) is 9.86. The third-order valence-corrected chi connectivity index (χ3v) is 6.65. The fourth-order valence-electron chi connectivity index (χ4n) is 2.85. The highest BCUT2D eigenvalue weighted by Gasteiger charge is 2.35. The molecule has 0 spiro atoms. The number of halogens is 2. The standard InChI is InChI=1S/C21H19I2NO4S/c1-12-4-5-13(2)17(8-12)28-7-6-24-20(25)18(29-21(24)26)10-14-9-15(22)11-16(23)19(14)27-3/h4-5,8-11H,6-7H2,1-3H3/b18-10-. The van der Waals surface area contributed by atoms with E-state index < -0.39 is 0 Å². The number of benzene rings is 2. The first kappa shape index (κ1) is 22.4. The highest BCUT2D eigenvalue weighted by Crippen LogP contribution is 2.36. The summed E-state index contributed by atoms with van der Waals surface area (Å²) in [5, 5.41) is -0.287. The van der Waals surface area contributed by atoms with Crippen LogP contribution in [-0.4, -0.2) is 36.3 Å². The lowest BCUT2D eigenvalue weighted by atomic mass is 10.1. The smallest absolute Gasteiger partial charge is 0.293 e. The molecule has 5 nitrogen and oxygen atoms in total. The number of hydrogen-bond acceptors (Lipinski definition) is 5. The van der Waals surface area contributed by atoms with Crippen LogP contribution in [0.2, 0.25) is 0 Å². The van der Waals surface area contributed by atoms with E-state index in [1.807, 2.05) is 44.2 Å². The number of ether oxygens (including phenoxy) is 2. The van der Waals surface area contributed by atoms with Crippen molar-refractivity contribution < 1.29 is 19.1 Å². The predicted molar refractivity (Wildman–Crippen MR) is 133 cm³/mol. The lowest BCUT2D eigenvalue weighted by Crippen LogP contribution is -2.32. The molecule has 1 saturated heterocycles. The summed E-state index contributed by atoms with van der Waals surface area (Å²) in [5.74, 6) is 1.15. The minimum Gasteiger partial charge on any atom is -0.495 e. The normalized spacial score (nSPS) is 15.3. The molecule has 2 amide bonds.